The van der Waals surface area contributed by atoms with Crippen molar-refractivity contribution in [2.75, 3.05) is 0 Å². The Labute approximate surface area is 168 Å². The number of phenolic OH excluding ortho intramolecular Hbond substituents is 1. The lowest BCUT2D eigenvalue weighted by molar-refractivity contribution is -0.386. The summed E-state index contributed by atoms with van der Waals surface area (Å²) < 4.78 is 0. The van der Waals surface area contributed by atoms with Gasteiger partial charge in [-0.2, -0.15) is 0 Å². The fourth-order valence-electron chi connectivity index (χ4n) is 3.75. The molecule has 0 aromatic heterocycles. The van der Waals surface area contributed by atoms with E-state index in [-0.39, 0.29) is 21.4 Å². The van der Waals surface area contributed by atoms with E-state index in [9.17, 15) is 15.2 Å². The maximum absolute atomic E-state index is 11.2. The molecule has 4 heteroatoms. The molecule has 0 heterocycles. The number of aromatic hydroxyl groups is 1. The Kier molecular flexibility index (Phi) is 5.93. The largest absolute Gasteiger partial charge is 0.507 e. The monoisotopic (exact) mass is 383 g/mol. The summed E-state index contributed by atoms with van der Waals surface area (Å²) in [4.78, 5) is 10.9. The molecule has 2 rings (SSSR count). The van der Waals surface area contributed by atoms with Gasteiger partial charge in [-0.25, -0.2) is 0 Å². The molecule has 28 heavy (non-hydrogen) atoms. The van der Waals surface area contributed by atoms with Gasteiger partial charge in [-0.1, -0.05) is 53.7 Å². The van der Waals surface area contributed by atoms with Gasteiger partial charge in [0.15, 0.2) is 0 Å². The van der Waals surface area contributed by atoms with Crippen molar-refractivity contribution in [2.45, 2.75) is 79.1 Å². The molecular formula is C24H33NO3. The Morgan fingerprint density at radius 3 is 1.50 bits per heavy atom. The zero-order valence-corrected chi connectivity index (χ0v) is 18.4. The van der Waals surface area contributed by atoms with Gasteiger partial charge in [0.25, 0.3) is 5.69 Å². The lowest BCUT2D eigenvalue weighted by Crippen LogP contribution is -2.18. The van der Waals surface area contributed by atoms with Gasteiger partial charge in [-0.05, 0) is 71.9 Å². The molecule has 1 N–H and O–H groups in total. The molecule has 152 valence electrons. The summed E-state index contributed by atoms with van der Waals surface area (Å²) >= 11 is 0. The minimum atomic E-state index is -0.306. The molecule has 2 aromatic carbocycles. The average Bonchev–Trinajstić information content (AvgIpc) is 2.50. The van der Waals surface area contributed by atoms with Crippen LogP contribution in [0.2, 0.25) is 0 Å². The third kappa shape index (κ3) is 4.73. The normalized spacial score (nSPS) is 12.3. The standard InChI is InChI=1S/C24H33NO3/c1-15-11-17(12-16(2)21(15)25(27)28)9-10-18-13-19(23(3,4)5)22(26)20(14-18)24(6,7)8/h11-14,26H,9-10H2,1-8H3. The van der Waals surface area contributed by atoms with Crippen molar-refractivity contribution < 1.29 is 10.0 Å². The van der Waals surface area contributed by atoms with Crippen molar-refractivity contribution in [3.8, 4) is 5.75 Å². The van der Waals surface area contributed by atoms with Crippen molar-refractivity contribution in [3.05, 3.63) is 67.8 Å². The number of hydrogen-bond donors (Lipinski definition) is 1. The summed E-state index contributed by atoms with van der Waals surface area (Å²) in [5.41, 5.74) is 5.52. The number of phenols is 1. The maximum atomic E-state index is 11.2. The second-order valence-electron chi connectivity index (χ2n) is 9.87. The number of nitro benzene ring substituents is 1. The number of nitro groups is 1. The summed E-state index contributed by atoms with van der Waals surface area (Å²) in [7, 11) is 0. The first-order valence-corrected chi connectivity index (χ1v) is 9.83. The number of nitrogens with zero attached hydrogens (tertiary/aromatic N) is 1. The minimum Gasteiger partial charge on any atom is -0.507 e. The number of hydrogen-bond acceptors (Lipinski definition) is 3. The minimum absolute atomic E-state index is 0.152. The molecule has 0 atom stereocenters. The quantitative estimate of drug-likeness (QED) is 0.498. The van der Waals surface area contributed by atoms with E-state index in [1.807, 2.05) is 12.1 Å². The molecule has 0 bridgehead atoms. The highest BCUT2D eigenvalue weighted by molar-refractivity contribution is 5.51. The summed E-state index contributed by atoms with van der Waals surface area (Å²) in [6.45, 7) is 16.3. The maximum Gasteiger partial charge on any atom is 0.275 e. The molecule has 0 spiro atoms. The van der Waals surface area contributed by atoms with Crippen LogP contribution in [0.5, 0.6) is 5.75 Å². The highest BCUT2D eigenvalue weighted by Gasteiger charge is 2.26. The fourth-order valence-corrected chi connectivity index (χ4v) is 3.75. The van der Waals surface area contributed by atoms with Gasteiger partial charge in [0.1, 0.15) is 5.75 Å². The van der Waals surface area contributed by atoms with Gasteiger partial charge in [-0.15, -0.1) is 0 Å². The summed E-state index contributed by atoms with van der Waals surface area (Å²) in [5.74, 6) is 0.394. The molecule has 0 amide bonds. The van der Waals surface area contributed by atoms with Gasteiger partial charge in [0.05, 0.1) is 4.92 Å². The first-order chi connectivity index (χ1) is 12.7. The fraction of sp³-hybridized carbons (Fsp3) is 0.500. The molecule has 0 aliphatic carbocycles. The van der Waals surface area contributed by atoms with E-state index in [1.165, 1.54) is 5.56 Å². The van der Waals surface area contributed by atoms with Crippen LogP contribution >= 0.6 is 0 Å². The van der Waals surface area contributed by atoms with E-state index in [0.29, 0.717) is 16.9 Å². The molecule has 0 unspecified atom stereocenters. The predicted molar refractivity (Wildman–Crippen MR) is 115 cm³/mol. The molecule has 0 saturated heterocycles. The predicted octanol–water partition coefficient (Wildman–Crippen LogP) is 6.30. The number of aryl methyl sites for hydroxylation is 4. The third-order valence-corrected chi connectivity index (χ3v) is 5.22. The van der Waals surface area contributed by atoms with E-state index in [0.717, 1.165) is 29.5 Å². The summed E-state index contributed by atoms with van der Waals surface area (Å²) in [5, 5.41) is 22.1. The van der Waals surface area contributed by atoms with E-state index < -0.39 is 0 Å². The third-order valence-electron chi connectivity index (χ3n) is 5.22. The van der Waals surface area contributed by atoms with Gasteiger partial charge < -0.3 is 5.11 Å². The first-order valence-electron chi connectivity index (χ1n) is 9.83. The van der Waals surface area contributed by atoms with Crippen LogP contribution in [0.25, 0.3) is 0 Å². The van der Waals surface area contributed by atoms with Crippen molar-refractivity contribution >= 4 is 5.69 Å². The van der Waals surface area contributed by atoms with Gasteiger partial charge in [-0.3, -0.25) is 10.1 Å². The van der Waals surface area contributed by atoms with E-state index in [4.69, 9.17) is 0 Å². The highest BCUT2D eigenvalue weighted by atomic mass is 16.6. The SMILES string of the molecule is Cc1cc(CCc2cc(C(C)(C)C)c(O)c(C(C)(C)C)c2)cc(C)c1[N+](=O)[O-]. The Hall–Kier alpha value is -2.36. The average molecular weight is 384 g/mol. The topological polar surface area (TPSA) is 63.4 Å². The second-order valence-corrected chi connectivity index (χ2v) is 9.87. The lowest BCUT2D eigenvalue weighted by Gasteiger charge is -2.28. The Bertz CT molecular complexity index is 841. The van der Waals surface area contributed by atoms with Crippen molar-refractivity contribution in [1.29, 1.82) is 0 Å². The molecule has 0 fully saturated rings. The summed E-state index contributed by atoms with van der Waals surface area (Å²) in [6, 6.07) is 8.05. The van der Waals surface area contributed by atoms with Crippen LogP contribution in [-0.4, -0.2) is 10.0 Å². The molecule has 0 aliphatic rings. The van der Waals surface area contributed by atoms with Gasteiger partial charge in [0, 0.05) is 11.1 Å². The molecule has 2 aromatic rings. The van der Waals surface area contributed by atoms with Crippen molar-refractivity contribution in [3.63, 3.8) is 0 Å². The zero-order chi connectivity index (χ0) is 21.4. The Morgan fingerprint density at radius 2 is 1.18 bits per heavy atom. The van der Waals surface area contributed by atoms with E-state index in [1.54, 1.807) is 13.8 Å². The van der Waals surface area contributed by atoms with E-state index >= 15 is 0 Å². The van der Waals surface area contributed by atoms with Gasteiger partial charge >= 0.3 is 0 Å². The van der Waals surface area contributed by atoms with Crippen molar-refractivity contribution in [1.82, 2.24) is 0 Å². The van der Waals surface area contributed by atoms with Crippen LogP contribution in [0.15, 0.2) is 24.3 Å². The van der Waals surface area contributed by atoms with Crippen LogP contribution in [0.1, 0.15) is 74.9 Å². The Morgan fingerprint density at radius 1 is 0.821 bits per heavy atom. The molecule has 0 radical (unpaired) electrons. The Balaban J connectivity index is 2.41. The molecule has 4 nitrogen and oxygen atoms in total. The number of rotatable bonds is 4. The second kappa shape index (κ2) is 7.57. The van der Waals surface area contributed by atoms with Crippen LogP contribution in [0, 0.1) is 24.0 Å². The van der Waals surface area contributed by atoms with Crippen LogP contribution < -0.4 is 0 Å². The number of benzene rings is 2. The first kappa shape index (κ1) is 21.9. The highest BCUT2D eigenvalue weighted by Crippen LogP contribution is 2.40. The summed E-state index contributed by atoms with van der Waals surface area (Å²) in [6.07, 6.45) is 1.63. The van der Waals surface area contributed by atoms with Crippen LogP contribution in [0.4, 0.5) is 5.69 Å². The van der Waals surface area contributed by atoms with Gasteiger partial charge in [0.2, 0.25) is 0 Å². The zero-order valence-electron chi connectivity index (χ0n) is 18.4. The molecule has 0 saturated carbocycles. The lowest BCUT2D eigenvalue weighted by atomic mass is 9.78. The van der Waals surface area contributed by atoms with Crippen molar-refractivity contribution in [2.24, 2.45) is 0 Å². The van der Waals surface area contributed by atoms with Crippen LogP contribution in [0.3, 0.4) is 0 Å². The smallest absolute Gasteiger partial charge is 0.275 e. The van der Waals surface area contributed by atoms with E-state index in [2.05, 4.69) is 53.7 Å². The molecular weight excluding hydrogens is 350 g/mol. The molecule has 0 aliphatic heterocycles. The van der Waals surface area contributed by atoms with Crippen LogP contribution in [-0.2, 0) is 23.7 Å².